The number of aliphatic carboxylic acids is 1. The largest absolute Gasteiger partial charge is 0.480 e. The molecule has 0 spiro atoms. The van der Waals surface area contributed by atoms with Gasteiger partial charge in [-0.05, 0) is 43.9 Å². The zero-order valence-electron chi connectivity index (χ0n) is 13.1. The van der Waals surface area contributed by atoms with Crippen LogP contribution in [0.1, 0.15) is 37.8 Å². The van der Waals surface area contributed by atoms with Crippen LogP contribution in [-0.2, 0) is 9.59 Å². The minimum atomic E-state index is -1.04. The fraction of sp³-hybridized carbons (Fsp3) is 0.500. The standard InChI is InChI=1S/C16H24N2O3/c1-5-16(6-2,15(20)21)17-10-14(19)18-13-9-11(3)7-8-12(13)4/h7-9,17H,5-6,10H2,1-4H3,(H,18,19)(H,20,21). The highest BCUT2D eigenvalue weighted by molar-refractivity contribution is 5.93. The predicted molar refractivity (Wildman–Crippen MR) is 83.5 cm³/mol. The molecule has 5 heteroatoms. The van der Waals surface area contributed by atoms with Crippen LogP contribution < -0.4 is 10.6 Å². The van der Waals surface area contributed by atoms with Crippen molar-refractivity contribution in [1.82, 2.24) is 5.32 Å². The molecule has 0 aromatic heterocycles. The van der Waals surface area contributed by atoms with Crippen LogP contribution in [0, 0.1) is 13.8 Å². The van der Waals surface area contributed by atoms with Gasteiger partial charge in [-0.2, -0.15) is 0 Å². The third-order valence-electron chi connectivity index (χ3n) is 3.87. The number of carboxylic acids is 1. The van der Waals surface area contributed by atoms with Gasteiger partial charge in [0, 0.05) is 5.69 Å². The second-order valence-electron chi connectivity index (χ2n) is 5.31. The van der Waals surface area contributed by atoms with Gasteiger partial charge < -0.3 is 10.4 Å². The molecule has 0 heterocycles. The maximum atomic E-state index is 12.0. The van der Waals surface area contributed by atoms with Crippen LogP contribution in [0.15, 0.2) is 18.2 Å². The van der Waals surface area contributed by atoms with Crippen LogP contribution >= 0.6 is 0 Å². The molecule has 0 aliphatic heterocycles. The summed E-state index contributed by atoms with van der Waals surface area (Å²) in [5.41, 5.74) is 1.75. The van der Waals surface area contributed by atoms with E-state index in [0.29, 0.717) is 12.8 Å². The van der Waals surface area contributed by atoms with Gasteiger partial charge in [0.15, 0.2) is 0 Å². The fourth-order valence-corrected chi connectivity index (χ4v) is 2.19. The summed E-state index contributed by atoms with van der Waals surface area (Å²) in [4.78, 5) is 23.4. The molecule has 0 bridgehead atoms. The molecule has 1 amide bonds. The number of carbonyl (C=O) groups is 2. The molecule has 0 saturated heterocycles. The summed E-state index contributed by atoms with van der Waals surface area (Å²) < 4.78 is 0. The number of carbonyl (C=O) groups excluding carboxylic acids is 1. The number of hydrogen-bond acceptors (Lipinski definition) is 3. The zero-order chi connectivity index (χ0) is 16.0. The summed E-state index contributed by atoms with van der Waals surface area (Å²) in [5.74, 6) is -1.16. The van der Waals surface area contributed by atoms with Crippen molar-refractivity contribution in [2.24, 2.45) is 0 Å². The number of nitrogens with one attached hydrogen (secondary N) is 2. The molecule has 1 aromatic carbocycles. The van der Waals surface area contributed by atoms with Gasteiger partial charge >= 0.3 is 5.97 Å². The minimum absolute atomic E-state index is 0.0264. The van der Waals surface area contributed by atoms with Crippen molar-refractivity contribution < 1.29 is 14.7 Å². The molecule has 116 valence electrons. The Morgan fingerprint density at radius 1 is 1.19 bits per heavy atom. The predicted octanol–water partition coefficient (Wildman–Crippen LogP) is 2.47. The van der Waals surface area contributed by atoms with Crippen molar-refractivity contribution in [1.29, 1.82) is 0 Å². The molecule has 0 aliphatic rings. The third-order valence-corrected chi connectivity index (χ3v) is 3.87. The first-order valence-electron chi connectivity index (χ1n) is 7.20. The monoisotopic (exact) mass is 292 g/mol. The van der Waals surface area contributed by atoms with Gasteiger partial charge in [-0.15, -0.1) is 0 Å². The van der Waals surface area contributed by atoms with E-state index in [1.807, 2.05) is 32.0 Å². The first kappa shape index (κ1) is 17.2. The second kappa shape index (κ2) is 7.22. The SMILES string of the molecule is CCC(CC)(NCC(=O)Nc1cc(C)ccc1C)C(=O)O. The lowest BCUT2D eigenvalue weighted by atomic mass is 9.93. The lowest BCUT2D eigenvalue weighted by molar-refractivity contribution is -0.145. The Morgan fingerprint density at radius 3 is 2.33 bits per heavy atom. The Hall–Kier alpha value is -1.88. The van der Waals surface area contributed by atoms with Crippen molar-refractivity contribution in [2.45, 2.75) is 46.1 Å². The first-order valence-corrected chi connectivity index (χ1v) is 7.20. The van der Waals surface area contributed by atoms with E-state index in [4.69, 9.17) is 0 Å². The Kier molecular flexibility index (Phi) is 5.90. The second-order valence-corrected chi connectivity index (χ2v) is 5.31. The van der Waals surface area contributed by atoms with Gasteiger partial charge in [-0.3, -0.25) is 14.9 Å². The lowest BCUT2D eigenvalue weighted by Crippen LogP contribution is -2.53. The van der Waals surface area contributed by atoms with Crippen molar-refractivity contribution in [3.05, 3.63) is 29.3 Å². The zero-order valence-corrected chi connectivity index (χ0v) is 13.1. The molecule has 0 aliphatic carbocycles. The van der Waals surface area contributed by atoms with Crippen LogP contribution in [0.3, 0.4) is 0 Å². The molecule has 21 heavy (non-hydrogen) atoms. The summed E-state index contributed by atoms with van der Waals surface area (Å²) in [6, 6.07) is 5.82. The number of aryl methyl sites for hydroxylation is 2. The average Bonchev–Trinajstić information content (AvgIpc) is 2.44. The normalized spacial score (nSPS) is 11.2. The quantitative estimate of drug-likeness (QED) is 0.721. The Morgan fingerprint density at radius 2 is 1.81 bits per heavy atom. The summed E-state index contributed by atoms with van der Waals surface area (Å²) in [6.45, 7) is 7.45. The minimum Gasteiger partial charge on any atom is -0.480 e. The van der Waals surface area contributed by atoms with Crippen LogP contribution in [-0.4, -0.2) is 29.1 Å². The molecule has 0 unspecified atom stereocenters. The van der Waals surface area contributed by atoms with Crippen molar-refractivity contribution in [3.63, 3.8) is 0 Å². The molecule has 3 N–H and O–H groups in total. The fourth-order valence-electron chi connectivity index (χ4n) is 2.19. The Bertz CT molecular complexity index is 522. The Balaban J connectivity index is 2.70. The van der Waals surface area contributed by atoms with E-state index in [1.54, 1.807) is 13.8 Å². The highest BCUT2D eigenvalue weighted by Crippen LogP contribution is 2.17. The third kappa shape index (κ3) is 4.29. The van der Waals surface area contributed by atoms with Gasteiger partial charge in [0.05, 0.1) is 6.54 Å². The van der Waals surface area contributed by atoms with E-state index >= 15 is 0 Å². The van der Waals surface area contributed by atoms with Gasteiger partial charge in [-0.1, -0.05) is 26.0 Å². The highest BCUT2D eigenvalue weighted by Gasteiger charge is 2.34. The molecule has 1 aromatic rings. The van der Waals surface area contributed by atoms with E-state index in [2.05, 4.69) is 10.6 Å². The smallest absolute Gasteiger partial charge is 0.323 e. The number of carboxylic acid groups (broad SMARTS) is 1. The maximum Gasteiger partial charge on any atom is 0.323 e. The van der Waals surface area contributed by atoms with E-state index in [0.717, 1.165) is 16.8 Å². The van der Waals surface area contributed by atoms with Crippen molar-refractivity contribution in [2.75, 3.05) is 11.9 Å². The molecular weight excluding hydrogens is 268 g/mol. The van der Waals surface area contributed by atoms with Crippen LogP contribution in [0.25, 0.3) is 0 Å². The summed E-state index contributed by atoms with van der Waals surface area (Å²) >= 11 is 0. The molecule has 0 saturated carbocycles. The molecule has 0 atom stereocenters. The Labute approximate surface area is 125 Å². The van der Waals surface area contributed by atoms with Crippen molar-refractivity contribution in [3.8, 4) is 0 Å². The lowest BCUT2D eigenvalue weighted by Gasteiger charge is -2.27. The number of anilines is 1. The maximum absolute atomic E-state index is 12.0. The molecule has 0 radical (unpaired) electrons. The molecule has 1 rings (SSSR count). The summed E-state index contributed by atoms with van der Waals surface area (Å²) in [7, 11) is 0. The van der Waals surface area contributed by atoms with Gasteiger partial charge in [-0.25, -0.2) is 0 Å². The van der Waals surface area contributed by atoms with Crippen molar-refractivity contribution >= 4 is 17.6 Å². The highest BCUT2D eigenvalue weighted by atomic mass is 16.4. The van der Waals surface area contributed by atoms with Gasteiger partial charge in [0.25, 0.3) is 0 Å². The number of benzene rings is 1. The van der Waals surface area contributed by atoms with E-state index in [1.165, 1.54) is 0 Å². The van der Waals surface area contributed by atoms with E-state index in [9.17, 15) is 14.7 Å². The van der Waals surface area contributed by atoms with Crippen LogP contribution in [0.4, 0.5) is 5.69 Å². The van der Waals surface area contributed by atoms with Crippen LogP contribution in [0.2, 0.25) is 0 Å². The number of rotatable bonds is 7. The van der Waals surface area contributed by atoms with E-state index < -0.39 is 11.5 Å². The first-order chi connectivity index (χ1) is 9.84. The summed E-state index contributed by atoms with van der Waals surface area (Å²) in [6.07, 6.45) is 0.852. The van der Waals surface area contributed by atoms with Gasteiger partial charge in [0.1, 0.15) is 5.54 Å². The van der Waals surface area contributed by atoms with E-state index in [-0.39, 0.29) is 12.5 Å². The average molecular weight is 292 g/mol. The summed E-state index contributed by atoms with van der Waals surface area (Å²) in [5, 5.41) is 15.0. The molecule has 0 fully saturated rings. The van der Waals surface area contributed by atoms with Gasteiger partial charge in [0.2, 0.25) is 5.91 Å². The number of amides is 1. The number of hydrogen-bond donors (Lipinski definition) is 3. The molecular formula is C16H24N2O3. The topological polar surface area (TPSA) is 78.4 Å². The molecule has 5 nitrogen and oxygen atoms in total. The van der Waals surface area contributed by atoms with Crippen LogP contribution in [0.5, 0.6) is 0 Å².